The van der Waals surface area contributed by atoms with Crippen molar-refractivity contribution in [3.05, 3.63) is 104 Å². The number of Topliss-reactive ketones (excluding diaryl/α,β-unsaturated/α-hetero) is 1. The first-order valence-corrected chi connectivity index (χ1v) is 15.0. The highest BCUT2D eigenvalue weighted by Gasteiger charge is 2.79. The molecule has 4 nitrogen and oxygen atoms in total. The van der Waals surface area contributed by atoms with E-state index in [9.17, 15) is 9.59 Å². The summed E-state index contributed by atoms with van der Waals surface area (Å²) in [5.41, 5.74) is 1.24. The number of nitrogens with one attached hydrogen (secondary N) is 1. The fourth-order valence-electron chi connectivity index (χ4n) is 6.94. The Morgan fingerprint density at radius 2 is 1.68 bits per heavy atom. The van der Waals surface area contributed by atoms with Crippen LogP contribution in [0, 0.1) is 5.41 Å². The van der Waals surface area contributed by atoms with Gasteiger partial charge in [-0.1, -0.05) is 77.8 Å². The number of rotatable bonds is 2. The lowest BCUT2D eigenvalue weighted by molar-refractivity contribution is -0.140. The van der Waals surface area contributed by atoms with Gasteiger partial charge in [0.1, 0.15) is 5.54 Å². The van der Waals surface area contributed by atoms with Gasteiger partial charge in [0.2, 0.25) is 0 Å². The molecule has 4 heterocycles. The van der Waals surface area contributed by atoms with Crippen molar-refractivity contribution in [2.24, 2.45) is 5.41 Å². The second-order valence-electron chi connectivity index (χ2n) is 9.87. The van der Waals surface area contributed by atoms with Crippen molar-refractivity contribution in [1.82, 2.24) is 4.90 Å². The highest BCUT2D eigenvalue weighted by Crippen LogP contribution is 2.71. The van der Waals surface area contributed by atoms with Gasteiger partial charge in [-0.25, -0.2) is 0 Å². The highest BCUT2D eigenvalue weighted by molar-refractivity contribution is 8.04. The van der Waals surface area contributed by atoms with E-state index in [-0.39, 0.29) is 23.7 Å². The van der Waals surface area contributed by atoms with Crippen LogP contribution >= 0.6 is 46.7 Å². The van der Waals surface area contributed by atoms with E-state index < -0.39 is 11.0 Å². The standard InChI is InChI=1S/C29H22Cl2N2O2S2/c30-20-10-4-1-7-17(20)13-24-26(34)28(15-37-24)25(18-8-2-5-11-21(18)31)23-14-36-16-33(23)29(28)19-9-3-6-12-22(19)32-27(29)35/h1-13,23,25H,14-16H2,(H,32,35)/b24-13-/t23-,25-,28-,29-/m1/s1. The van der Waals surface area contributed by atoms with Crippen LogP contribution in [0.4, 0.5) is 5.69 Å². The molecule has 186 valence electrons. The Morgan fingerprint density at radius 1 is 0.946 bits per heavy atom. The van der Waals surface area contributed by atoms with Crippen molar-refractivity contribution < 1.29 is 9.59 Å². The minimum atomic E-state index is -1.12. The van der Waals surface area contributed by atoms with Gasteiger partial charge in [0.05, 0.1) is 10.3 Å². The average Bonchev–Trinajstić information content (AvgIpc) is 3.62. The van der Waals surface area contributed by atoms with Crippen molar-refractivity contribution in [3.8, 4) is 0 Å². The van der Waals surface area contributed by atoms with Crippen LogP contribution in [0.5, 0.6) is 0 Å². The summed E-state index contributed by atoms with van der Waals surface area (Å²) in [5.74, 6) is 1.62. The molecular weight excluding hydrogens is 543 g/mol. The van der Waals surface area contributed by atoms with Crippen molar-refractivity contribution in [2.75, 3.05) is 22.7 Å². The molecule has 3 aromatic rings. The fraction of sp³-hybridized carbons (Fsp3) is 0.241. The number of halogens is 2. The van der Waals surface area contributed by atoms with Gasteiger partial charge in [-0.2, -0.15) is 0 Å². The van der Waals surface area contributed by atoms with Gasteiger partial charge in [0.15, 0.2) is 5.78 Å². The monoisotopic (exact) mass is 564 g/mol. The van der Waals surface area contributed by atoms with Crippen LogP contribution in [0.1, 0.15) is 22.6 Å². The summed E-state index contributed by atoms with van der Waals surface area (Å²) >= 11 is 16.7. The molecule has 0 saturated carbocycles. The molecule has 1 amide bonds. The van der Waals surface area contributed by atoms with E-state index >= 15 is 0 Å². The zero-order valence-electron chi connectivity index (χ0n) is 19.6. The van der Waals surface area contributed by atoms with Gasteiger partial charge in [0, 0.05) is 50.6 Å². The molecular formula is C29H22Cl2N2O2S2. The molecule has 0 bridgehead atoms. The molecule has 0 unspecified atom stereocenters. The molecule has 3 fully saturated rings. The molecule has 4 atom stereocenters. The molecule has 1 N–H and O–H groups in total. The minimum Gasteiger partial charge on any atom is -0.324 e. The maximum atomic E-state index is 14.9. The number of benzene rings is 3. The number of ketones is 1. The first-order chi connectivity index (χ1) is 18.0. The predicted octanol–water partition coefficient (Wildman–Crippen LogP) is 6.66. The summed E-state index contributed by atoms with van der Waals surface area (Å²) in [6, 6.07) is 23.2. The summed E-state index contributed by atoms with van der Waals surface area (Å²) in [5, 5.41) is 4.37. The second-order valence-corrected chi connectivity index (χ2v) is 12.7. The van der Waals surface area contributed by atoms with Gasteiger partial charge < -0.3 is 5.32 Å². The Bertz CT molecular complexity index is 1510. The average molecular weight is 566 g/mol. The summed E-state index contributed by atoms with van der Waals surface area (Å²) in [6.45, 7) is 0. The third-order valence-corrected chi connectivity index (χ3v) is 11.3. The zero-order valence-corrected chi connectivity index (χ0v) is 22.8. The normalized spacial score (nSPS) is 31.5. The van der Waals surface area contributed by atoms with Crippen molar-refractivity contribution in [3.63, 3.8) is 0 Å². The summed E-state index contributed by atoms with van der Waals surface area (Å²) < 4.78 is 0. The molecule has 3 aromatic carbocycles. The lowest BCUT2D eigenvalue weighted by Crippen LogP contribution is -2.59. The van der Waals surface area contributed by atoms with E-state index in [4.69, 9.17) is 23.2 Å². The third-order valence-electron chi connectivity index (χ3n) is 8.32. The Hall–Kier alpha value is -2.22. The first-order valence-electron chi connectivity index (χ1n) is 12.1. The number of hydrogen-bond acceptors (Lipinski definition) is 5. The molecule has 7 rings (SSSR count). The van der Waals surface area contributed by atoms with Gasteiger partial charge in [0.25, 0.3) is 5.91 Å². The van der Waals surface area contributed by atoms with Crippen LogP contribution in [0.15, 0.2) is 77.7 Å². The Balaban J connectivity index is 1.52. The van der Waals surface area contributed by atoms with Crippen molar-refractivity contribution in [1.29, 1.82) is 0 Å². The lowest BCUT2D eigenvalue weighted by atomic mass is 9.59. The molecule has 4 aliphatic rings. The number of nitrogens with zero attached hydrogens (tertiary/aromatic N) is 1. The SMILES string of the molecule is O=C1/C(=C/c2ccccc2Cl)SC[C@@]12[C@H](c1ccccc1Cl)[C@H]1CSCN1[C@]21C(=O)Nc2ccccc21. The molecule has 0 radical (unpaired) electrons. The maximum absolute atomic E-state index is 14.9. The predicted molar refractivity (Wildman–Crippen MR) is 153 cm³/mol. The minimum absolute atomic E-state index is 0.00593. The second kappa shape index (κ2) is 8.65. The number of thioether (sulfide) groups is 2. The molecule has 2 spiro atoms. The molecule has 3 saturated heterocycles. The van der Waals surface area contributed by atoms with Crippen LogP contribution in [-0.4, -0.2) is 40.0 Å². The van der Waals surface area contributed by atoms with E-state index in [0.29, 0.717) is 26.6 Å². The maximum Gasteiger partial charge on any atom is 0.250 e. The molecule has 37 heavy (non-hydrogen) atoms. The number of fused-ring (bicyclic) bond motifs is 5. The first kappa shape index (κ1) is 23.9. The Labute approximate surface area is 233 Å². The quantitative estimate of drug-likeness (QED) is 0.353. The summed E-state index contributed by atoms with van der Waals surface area (Å²) in [4.78, 5) is 32.1. The van der Waals surface area contributed by atoms with Gasteiger partial charge >= 0.3 is 0 Å². The van der Waals surface area contributed by atoms with Gasteiger partial charge in [-0.15, -0.1) is 23.5 Å². The number of allylic oxidation sites excluding steroid dienone is 1. The number of hydrogen-bond donors (Lipinski definition) is 1. The van der Waals surface area contributed by atoms with Crippen LogP contribution in [-0.2, 0) is 15.1 Å². The molecule has 0 aliphatic carbocycles. The van der Waals surface area contributed by atoms with Gasteiger partial charge in [-0.3, -0.25) is 14.5 Å². The molecule has 4 aliphatic heterocycles. The number of carbonyl (C=O) groups excluding carboxylic acids is 2. The number of anilines is 1. The third kappa shape index (κ3) is 3.05. The summed E-state index contributed by atoms with van der Waals surface area (Å²) in [6.07, 6.45) is 1.89. The van der Waals surface area contributed by atoms with E-state index in [1.54, 1.807) is 0 Å². The Kier molecular flexibility index (Phi) is 5.58. The fourth-order valence-corrected chi connectivity index (χ4v) is 10.1. The van der Waals surface area contributed by atoms with Crippen LogP contribution in [0.3, 0.4) is 0 Å². The van der Waals surface area contributed by atoms with E-state index in [1.807, 2.05) is 90.6 Å². The lowest BCUT2D eigenvalue weighted by Gasteiger charge is -2.43. The van der Waals surface area contributed by atoms with Gasteiger partial charge in [-0.05, 0) is 35.4 Å². The number of para-hydroxylation sites is 1. The highest BCUT2D eigenvalue weighted by atomic mass is 35.5. The van der Waals surface area contributed by atoms with E-state index in [0.717, 1.165) is 28.1 Å². The van der Waals surface area contributed by atoms with Crippen LogP contribution in [0.2, 0.25) is 10.0 Å². The van der Waals surface area contributed by atoms with Crippen molar-refractivity contribution in [2.45, 2.75) is 17.5 Å². The smallest absolute Gasteiger partial charge is 0.250 e. The van der Waals surface area contributed by atoms with Crippen LogP contribution < -0.4 is 5.32 Å². The zero-order chi connectivity index (χ0) is 25.4. The molecule has 0 aromatic heterocycles. The topological polar surface area (TPSA) is 49.4 Å². The Morgan fingerprint density at radius 3 is 2.49 bits per heavy atom. The van der Waals surface area contributed by atoms with E-state index in [1.165, 1.54) is 11.8 Å². The van der Waals surface area contributed by atoms with Crippen molar-refractivity contribution >= 4 is 70.2 Å². The largest absolute Gasteiger partial charge is 0.324 e. The number of carbonyl (C=O) groups is 2. The van der Waals surface area contributed by atoms with E-state index in [2.05, 4.69) is 10.2 Å². The van der Waals surface area contributed by atoms with Crippen LogP contribution in [0.25, 0.3) is 6.08 Å². The summed E-state index contributed by atoms with van der Waals surface area (Å²) in [7, 11) is 0. The number of amides is 1. The molecule has 8 heteroatoms.